The molecule has 1 aromatic rings. The normalized spacial score (nSPS) is 11.9. The smallest absolute Gasteiger partial charge is 0.305 e. The monoisotopic (exact) mass is 271 g/mol. The topological polar surface area (TPSA) is 92.2 Å². The van der Waals surface area contributed by atoms with Crippen LogP contribution >= 0.6 is 11.6 Å². The number of carbonyl (C=O) groups is 2. The van der Waals surface area contributed by atoms with Gasteiger partial charge in [-0.2, -0.15) is 0 Å². The van der Waals surface area contributed by atoms with Crippen molar-refractivity contribution in [1.29, 1.82) is 0 Å². The molecule has 0 bridgehead atoms. The summed E-state index contributed by atoms with van der Waals surface area (Å²) in [5.41, 5.74) is 0.117. The second-order valence-electron chi connectivity index (χ2n) is 3.80. The van der Waals surface area contributed by atoms with Gasteiger partial charge in [0.2, 0.25) is 0 Å². The molecule has 18 heavy (non-hydrogen) atoms. The van der Waals surface area contributed by atoms with Gasteiger partial charge in [-0.3, -0.25) is 9.59 Å². The van der Waals surface area contributed by atoms with E-state index in [2.05, 4.69) is 15.5 Å². The van der Waals surface area contributed by atoms with Gasteiger partial charge in [0.05, 0.1) is 6.42 Å². The predicted molar refractivity (Wildman–Crippen MR) is 65.5 cm³/mol. The summed E-state index contributed by atoms with van der Waals surface area (Å²) in [6.07, 6.45) is 1.27. The Morgan fingerprint density at radius 3 is 2.67 bits per heavy atom. The van der Waals surface area contributed by atoms with Gasteiger partial charge in [0, 0.05) is 6.04 Å². The van der Waals surface area contributed by atoms with Gasteiger partial charge >= 0.3 is 5.97 Å². The van der Waals surface area contributed by atoms with E-state index in [1.54, 1.807) is 0 Å². The Balaban J connectivity index is 2.65. The molecule has 0 aliphatic rings. The van der Waals surface area contributed by atoms with E-state index < -0.39 is 17.9 Å². The Labute approximate surface area is 109 Å². The van der Waals surface area contributed by atoms with E-state index >= 15 is 0 Å². The van der Waals surface area contributed by atoms with Crippen LogP contribution in [0.1, 0.15) is 36.7 Å². The number of aliphatic carboxylic acids is 1. The maximum absolute atomic E-state index is 11.8. The molecule has 0 saturated heterocycles. The molecule has 0 spiro atoms. The van der Waals surface area contributed by atoms with Gasteiger partial charge in [0.25, 0.3) is 5.91 Å². The van der Waals surface area contributed by atoms with E-state index in [0.717, 1.165) is 6.42 Å². The van der Waals surface area contributed by atoms with Crippen LogP contribution in [0.25, 0.3) is 0 Å². The first-order valence-electron chi connectivity index (χ1n) is 5.54. The fourth-order valence-corrected chi connectivity index (χ4v) is 1.58. The summed E-state index contributed by atoms with van der Waals surface area (Å²) in [7, 11) is 0. The number of halogens is 1. The summed E-state index contributed by atoms with van der Waals surface area (Å²) >= 11 is 5.56. The molecule has 0 radical (unpaired) electrons. The average Bonchev–Trinajstić information content (AvgIpc) is 2.29. The van der Waals surface area contributed by atoms with E-state index in [4.69, 9.17) is 16.7 Å². The second kappa shape index (κ2) is 6.90. The van der Waals surface area contributed by atoms with Crippen molar-refractivity contribution >= 4 is 23.5 Å². The summed E-state index contributed by atoms with van der Waals surface area (Å²) in [6, 6.07) is 2.49. The van der Waals surface area contributed by atoms with E-state index in [1.165, 1.54) is 12.1 Å². The highest BCUT2D eigenvalue weighted by Gasteiger charge is 2.17. The van der Waals surface area contributed by atoms with Crippen LogP contribution in [-0.4, -0.2) is 33.2 Å². The van der Waals surface area contributed by atoms with Crippen molar-refractivity contribution in [2.75, 3.05) is 0 Å². The van der Waals surface area contributed by atoms with Crippen LogP contribution in [0, 0.1) is 0 Å². The molecule has 1 heterocycles. The molecule has 1 atom stereocenters. The first-order chi connectivity index (χ1) is 8.52. The standard InChI is InChI=1S/C11H14ClN3O3/c1-2-3-7(6-10(16)17)13-11(18)8-4-5-9(12)15-14-8/h4-5,7H,2-3,6H2,1H3,(H,13,18)(H,16,17). The van der Waals surface area contributed by atoms with Gasteiger partial charge in [-0.05, 0) is 18.6 Å². The third-order valence-electron chi connectivity index (χ3n) is 2.26. The van der Waals surface area contributed by atoms with Crippen molar-refractivity contribution in [3.63, 3.8) is 0 Å². The van der Waals surface area contributed by atoms with Gasteiger partial charge < -0.3 is 10.4 Å². The van der Waals surface area contributed by atoms with Gasteiger partial charge in [0.1, 0.15) is 0 Å². The third-order valence-corrected chi connectivity index (χ3v) is 2.46. The molecule has 0 aromatic carbocycles. The Bertz CT molecular complexity index is 422. The molecule has 1 amide bonds. The number of rotatable bonds is 6. The number of amides is 1. The van der Waals surface area contributed by atoms with Gasteiger partial charge in [-0.1, -0.05) is 24.9 Å². The molecule has 0 aliphatic carbocycles. The van der Waals surface area contributed by atoms with Crippen molar-refractivity contribution < 1.29 is 14.7 Å². The van der Waals surface area contributed by atoms with Crippen LogP contribution in [0.4, 0.5) is 0 Å². The molecule has 0 fully saturated rings. The molecular formula is C11H14ClN3O3. The number of nitrogens with one attached hydrogen (secondary N) is 1. The molecule has 1 unspecified atom stereocenters. The molecule has 0 saturated carbocycles. The van der Waals surface area contributed by atoms with Crippen LogP contribution in [0.3, 0.4) is 0 Å². The van der Waals surface area contributed by atoms with Gasteiger partial charge in [-0.25, -0.2) is 0 Å². The molecule has 7 heteroatoms. The SMILES string of the molecule is CCCC(CC(=O)O)NC(=O)c1ccc(Cl)nn1. The molecule has 0 aliphatic heterocycles. The summed E-state index contributed by atoms with van der Waals surface area (Å²) in [5, 5.41) is 18.7. The van der Waals surface area contributed by atoms with Crippen LogP contribution in [0.15, 0.2) is 12.1 Å². The van der Waals surface area contributed by atoms with Crippen LogP contribution in [0.2, 0.25) is 5.15 Å². The third kappa shape index (κ3) is 4.67. The van der Waals surface area contributed by atoms with Crippen LogP contribution < -0.4 is 5.32 Å². The Morgan fingerprint density at radius 2 is 2.17 bits per heavy atom. The average molecular weight is 272 g/mol. The Morgan fingerprint density at radius 1 is 1.44 bits per heavy atom. The predicted octanol–water partition coefficient (Wildman–Crippen LogP) is 1.50. The van der Waals surface area contributed by atoms with Crippen molar-refractivity contribution in [1.82, 2.24) is 15.5 Å². The fraction of sp³-hybridized carbons (Fsp3) is 0.455. The van der Waals surface area contributed by atoms with Crippen molar-refractivity contribution in [3.8, 4) is 0 Å². The van der Waals surface area contributed by atoms with Gasteiger partial charge in [0.15, 0.2) is 10.8 Å². The largest absolute Gasteiger partial charge is 0.481 e. The minimum absolute atomic E-state index is 0.111. The van der Waals surface area contributed by atoms with Crippen LogP contribution in [0.5, 0.6) is 0 Å². The number of aromatic nitrogens is 2. The maximum Gasteiger partial charge on any atom is 0.305 e. The highest BCUT2D eigenvalue weighted by atomic mass is 35.5. The highest BCUT2D eigenvalue weighted by molar-refractivity contribution is 6.29. The lowest BCUT2D eigenvalue weighted by molar-refractivity contribution is -0.137. The highest BCUT2D eigenvalue weighted by Crippen LogP contribution is 2.05. The lowest BCUT2D eigenvalue weighted by Crippen LogP contribution is -2.36. The van der Waals surface area contributed by atoms with Gasteiger partial charge in [-0.15, -0.1) is 10.2 Å². The van der Waals surface area contributed by atoms with E-state index in [9.17, 15) is 9.59 Å². The summed E-state index contributed by atoms with van der Waals surface area (Å²) in [4.78, 5) is 22.4. The minimum atomic E-state index is -0.948. The number of hydrogen-bond acceptors (Lipinski definition) is 4. The molecule has 98 valence electrons. The number of carboxylic acids is 1. The first-order valence-corrected chi connectivity index (χ1v) is 5.92. The van der Waals surface area contributed by atoms with Crippen molar-refractivity contribution in [3.05, 3.63) is 23.0 Å². The zero-order valence-electron chi connectivity index (χ0n) is 9.89. The fourth-order valence-electron chi connectivity index (χ4n) is 1.48. The number of carboxylic acid groups (broad SMARTS) is 1. The molecular weight excluding hydrogens is 258 g/mol. The van der Waals surface area contributed by atoms with Crippen molar-refractivity contribution in [2.24, 2.45) is 0 Å². The lowest BCUT2D eigenvalue weighted by Gasteiger charge is -2.15. The van der Waals surface area contributed by atoms with Crippen molar-refractivity contribution in [2.45, 2.75) is 32.2 Å². The molecule has 1 aromatic heterocycles. The minimum Gasteiger partial charge on any atom is -0.481 e. The first kappa shape index (κ1) is 14.4. The maximum atomic E-state index is 11.8. The van der Waals surface area contributed by atoms with E-state index in [1.807, 2.05) is 6.92 Å². The summed E-state index contributed by atoms with van der Waals surface area (Å²) in [6.45, 7) is 1.92. The summed E-state index contributed by atoms with van der Waals surface area (Å²) < 4.78 is 0. The second-order valence-corrected chi connectivity index (χ2v) is 4.19. The zero-order chi connectivity index (χ0) is 13.5. The quantitative estimate of drug-likeness (QED) is 0.818. The Hall–Kier alpha value is -1.69. The van der Waals surface area contributed by atoms with E-state index in [-0.39, 0.29) is 17.3 Å². The number of nitrogens with zero attached hydrogens (tertiary/aromatic N) is 2. The van der Waals surface area contributed by atoms with E-state index in [0.29, 0.717) is 6.42 Å². The summed E-state index contributed by atoms with van der Waals surface area (Å²) in [5.74, 6) is -1.39. The number of carbonyl (C=O) groups excluding carboxylic acids is 1. The molecule has 2 N–H and O–H groups in total. The zero-order valence-corrected chi connectivity index (χ0v) is 10.6. The Kier molecular flexibility index (Phi) is 5.51. The molecule has 1 rings (SSSR count). The lowest BCUT2D eigenvalue weighted by atomic mass is 10.1. The number of hydrogen-bond donors (Lipinski definition) is 2. The van der Waals surface area contributed by atoms with Crippen LogP contribution in [-0.2, 0) is 4.79 Å². The molecule has 6 nitrogen and oxygen atoms in total.